The van der Waals surface area contributed by atoms with E-state index >= 15 is 0 Å². The number of nitrogens with one attached hydrogen (secondary N) is 3. The number of carbonyl (C=O) groups excluding carboxylic acids is 1. The van der Waals surface area contributed by atoms with Gasteiger partial charge in [-0.2, -0.15) is 5.10 Å². The van der Waals surface area contributed by atoms with Crippen molar-refractivity contribution >= 4 is 17.4 Å². The van der Waals surface area contributed by atoms with Crippen LogP contribution in [0.1, 0.15) is 5.69 Å². The lowest BCUT2D eigenvalue weighted by Crippen LogP contribution is -2.27. The van der Waals surface area contributed by atoms with E-state index in [1.807, 2.05) is 30.3 Å². The third-order valence-corrected chi connectivity index (χ3v) is 3.08. The SMILES string of the molecule is O=C1NCCN1c1ccc(NCc2ccn[nH]2)cc1. The van der Waals surface area contributed by atoms with E-state index < -0.39 is 0 Å². The predicted octanol–water partition coefficient (Wildman–Crippen LogP) is 1.55. The molecule has 2 amide bonds. The van der Waals surface area contributed by atoms with E-state index in [1.165, 1.54) is 0 Å². The molecule has 0 aliphatic carbocycles. The minimum Gasteiger partial charge on any atom is -0.379 e. The second-order valence-electron chi connectivity index (χ2n) is 4.37. The number of aromatic amines is 1. The van der Waals surface area contributed by atoms with Gasteiger partial charge in [0.2, 0.25) is 0 Å². The molecule has 0 bridgehead atoms. The summed E-state index contributed by atoms with van der Waals surface area (Å²) in [7, 11) is 0. The first-order valence-corrected chi connectivity index (χ1v) is 6.20. The molecule has 2 aromatic rings. The zero-order chi connectivity index (χ0) is 13.1. The summed E-state index contributed by atoms with van der Waals surface area (Å²) in [5, 5.41) is 12.9. The van der Waals surface area contributed by atoms with E-state index in [0.717, 1.165) is 23.6 Å². The molecule has 6 heteroatoms. The third-order valence-electron chi connectivity index (χ3n) is 3.08. The maximum absolute atomic E-state index is 11.5. The molecule has 1 aliphatic rings. The maximum atomic E-state index is 11.5. The highest BCUT2D eigenvalue weighted by Gasteiger charge is 2.20. The molecule has 1 fully saturated rings. The lowest BCUT2D eigenvalue weighted by Gasteiger charge is -2.14. The zero-order valence-electron chi connectivity index (χ0n) is 10.4. The number of rotatable bonds is 4. The van der Waals surface area contributed by atoms with Gasteiger partial charge >= 0.3 is 6.03 Å². The van der Waals surface area contributed by atoms with Crippen LogP contribution in [0.25, 0.3) is 0 Å². The van der Waals surface area contributed by atoms with Gasteiger partial charge in [0, 0.05) is 30.7 Å². The van der Waals surface area contributed by atoms with E-state index in [2.05, 4.69) is 20.8 Å². The van der Waals surface area contributed by atoms with Crippen molar-refractivity contribution in [2.24, 2.45) is 0 Å². The average molecular weight is 257 g/mol. The summed E-state index contributed by atoms with van der Waals surface area (Å²) in [5.74, 6) is 0. The Hall–Kier alpha value is -2.50. The minimum absolute atomic E-state index is 0.0295. The Morgan fingerprint density at radius 3 is 2.74 bits per heavy atom. The summed E-state index contributed by atoms with van der Waals surface area (Å²) in [6.45, 7) is 2.13. The van der Waals surface area contributed by atoms with E-state index in [-0.39, 0.29) is 6.03 Å². The van der Waals surface area contributed by atoms with Gasteiger partial charge in [-0.05, 0) is 30.3 Å². The number of urea groups is 1. The fourth-order valence-corrected chi connectivity index (χ4v) is 2.06. The molecular weight excluding hydrogens is 242 g/mol. The molecule has 1 saturated heterocycles. The van der Waals surface area contributed by atoms with Crippen LogP contribution in [0.5, 0.6) is 0 Å². The molecule has 3 rings (SSSR count). The van der Waals surface area contributed by atoms with Gasteiger partial charge in [-0.1, -0.05) is 0 Å². The molecule has 0 saturated carbocycles. The van der Waals surface area contributed by atoms with E-state index in [0.29, 0.717) is 13.1 Å². The van der Waals surface area contributed by atoms with Crippen molar-refractivity contribution in [1.82, 2.24) is 15.5 Å². The first kappa shape index (κ1) is 11.6. The first-order chi connectivity index (χ1) is 9.33. The molecule has 0 spiro atoms. The molecular formula is C13H15N5O. The zero-order valence-corrected chi connectivity index (χ0v) is 10.4. The van der Waals surface area contributed by atoms with Crippen molar-refractivity contribution in [2.75, 3.05) is 23.3 Å². The van der Waals surface area contributed by atoms with Crippen LogP contribution in [-0.4, -0.2) is 29.3 Å². The molecule has 1 aromatic carbocycles. The molecule has 0 radical (unpaired) electrons. The van der Waals surface area contributed by atoms with Crippen molar-refractivity contribution in [1.29, 1.82) is 0 Å². The predicted molar refractivity (Wildman–Crippen MR) is 73.1 cm³/mol. The summed E-state index contributed by atoms with van der Waals surface area (Å²) in [5.41, 5.74) is 2.96. The number of benzene rings is 1. The Morgan fingerprint density at radius 2 is 2.11 bits per heavy atom. The van der Waals surface area contributed by atoms with Crippen LogP contribution < -0.4 is 15.5 Å². The van der Waals surface area contributed by atoms with Crippen molar-refractivity contribution in [3.8, 4) is 0 Å². The lowest BCUT2D eigenvalue weighted by molar-refractivity contribution is 0.252. The average Bonchev–Trinajstić information content (AvgIpc) is 3.08. The molecule has 19 heavy (non-hydrogen) atoms. The van der Waals surface area contributed by atoms with Gasteiger partial charge in [0.1, 0.15) is 0 Å². The highest BCUT2D eigenvalue weighted by molar-refractivity contribution is 5.94. The number of anilines is 2. The van der Waals surface area contributed by atoms with Crippen molar-refractivity contribution < 1.29 is 4.79 Å². The molecule has 0 unspecified atom stereocenters. The van der Waals surface area contributed by atoms with Gasteiger partial charge in [-0.15, -0.1) is 0 Å². The first-order valence-electron chi connectivity index (χ1n) is 6.20. The summed E-state index contributed by atoms with van der Waals surface area (Å²) in [4.78, 5) is 13.3. The normalized spacial score (nSPS) is 14.5. The van der Waals surface area contributed by atoms with Crippen LogP contribution in [0.3, 0.4) is 0 Å². The molecule has 0 atom stereocenters. The number of nitrogens with zero attached hydrogens (tertiary/aromatic N) is 2. The maximum Gasteiger partial charge on any atom is 0.321 e. The Morgan fingerprint density at radius 1 is 1.26 bits per heavy atom. The molecule has 3 N–H and O–H groups in total. The summed E-state index contributed by atoms with van der Waals surface area (Å²) >= 11 is 0. The van der Waals surface area contributed by atoms with Gasteiger partial charge in [0.05, 0.1) is 12.2 Å². The van der Waals surface area contributed by atoms with Gasteiger partial charge in [0.25, 0.3) is 0 Å². The topological polar surface area (TPSA) is 73.1 Å². The molecule has 6 nitrogen and oxygen atoms in total. The lowest BCUT2D eigenvalue weighted by atomic mass is 10.2. The number of amides is 2. The monoisotopic (exact) mass is 257 g/mol. The number of hydrogen-bond acceptors (Lipinski definition) is 3. The Bertz CT molecular complexity index is 549. The number of H-pyrrole nitrogens is 1. The smallest absolute Gasteiger partial charge is 0.321 e. The molecule has 1 aromatic heterocycles. The van der Waals surface area contributed by atoms with Gasteiger partial charge in [-0.25, -0.2) is 4.79 Å². The summed E-state index contributed by atoms with van der Waals surface area (Å²) < 4.78 is 0. The summed E-state index contributed by atoms with van der Waals surface area (Å²) in [6.07, 6.45) is 1.73. The number of hydrogen-bond donors (Lipinski definition) is 3. The van der Waals surface area contributed by atoms with Crippen LogP contribution in [0.2, 0.25) is 0 Å². The number of carbonyl (C=O) groups is 1. The van der Waals surface area contributed by atoms with Crippen LogP contribution in [0.15, 0.2) is 36.5 Å². The fraction of sp³-hybridized carbons (Fsp3) is 0.231. The fourth-order valence-electron chi connectivity index (χ4n) is 2.06. The minimum atomic E-state index is -0.0295. The van der Waals surface area contributed by atoms with Crippen LogP contribution in [-0.2, 0) is 6.54 Å². The van der Waals surface area contributed by atoms with Crippen molar-refractivity contribution in [3.63, 3.8) is 0 Å². The summed E-state index contributed by atoms with van der Waals surface area (Å²) in [6, 6.07) is 9.73. The van der Waals surface area contributed by atoms with Gasteiger partial charge in [-0.3, -0.25) is 10.00 Å². The Labute approximate surface area is 110 Å². The van der Waals surface area contributed by atoms with Crippen LogP contribution >= 0.6 is 0 Å². The van der Waals surface area contributed by atoms with Crippen molar-refractivity contribution in [3.05, 3.63) is 42.2 Å². The van der Waals surface area contributed by atoms with Gasteiger partial charge < -0.3 is 10.6 Å². The Kier molecular flexibility index (Phi) is 3.06. The van der Waals surface area contributed by atoms with E-state index in [1.54, 1.807) is 11.1 Å². The Balaban J connectivity index is 1.64. The molecule has 1 aliphatic heterocycles. The standard InChI is InChI=1S/C13H15N5O/c19-13-14-7-8-18(13)12-3-1-10(2-4-12)15-9-11-5-6-16-17-11/h1-6,15H,7-9H2,(H,14,19)(H,16,17). The third kappa shape index (κ3) is 2.52. The van der Waals surface area contributed by atoms with Gasteiger partial charge in [0.15, 0.2) is 0 Å². The number of aromatic nitrogens is 2. The van der Waals surface area contributed by atoms with Crippen molar-refractivity contribution in [2.45, 2.75) is 6.54 Å². The highest BCUT2D eigenvalue weighted by Crippen LogP contribution is 2.19. The molecule has 2 heterocycles. The van der Waals surface area contributed by atoms with E-state index in [9.17, 15) is 4.79 Å². The quantitative estimate of drug-likeness (QED) is 0.778. The second-order valence-corrected chi connectivity index (χ2v) is 4.37. The largest absolute Gasteiger partial charge is 0.379 e. The second kappa shape index (κ2) is 5.01. The highest BCUT2D eigenvalue weighted by atomic mass is 16.2. The van der Waals surface area contributed by atoms with E-state index in [4.69, 9.17) is 0 Å². The van der Waals surface area contributed by atoms with Crippen LogP contribution in [0, 0.1) is 0 Å². The molecule has 98 valence electrons. The van der Waals surface area contributed by atoms with Crippen LogP contribution in [0.4, 0.5) is 16.2 Å².